The van der Waals surface area contributed by atoms with Gasteiger partial charge < -0.3 is 10.6 Å². The smallest absolute Gasteiger partial charge is 0.308 e. The fourth-order valence-corrected chi connectivity index (χ4v) is 2.91. The molecular formula is C13H17N5O3S. The van der Waals surface area contributed by atoms with Crippen molar-refractivity contribution in [1.82, 2.24) is 14.5 Å². The number of aromatic nitrogens is 2. The lowest BCUT2D eigenvalue weighted by atomic mass is 10.2. The summed E-state index contributed by atoms with van der Waals surface area (Å²) in [4.78, 5) is 12.0. The molecule has 0 aliphatic rings. The fourth-order valence-electron chi connectivity index (χ4n) is 1.77. The van der Waals surface area contributed by atoms with Gasteiger partial charge in [0.05, 0.1) is 16.8 Å². The van der Waals surface area contributed by atoms with Crippen LogP contribution in [-0.4, -0.2) is 43.0 Å². The maximum absolute atomic E-state index is 12.2. The van der Waals surface area contributed by atoms with Crippen LogP contribution in [0.25, 0.3) is 0 Å². The van der Waals surface area contributed by atoms with Crippen molar-refractivity contribution in [2.24, 2.45) is 0 Å². The number of rotatable bonds is 4. The lowest BCUT2D eigenvalue weighted by Gasteiger charge is -2.15. The molecule has 1 aromatic carbocycles. The first-order chi connectivity index (χ1) is 10.3. The second-order valence-electron chi connectivity index (χ2n) is 4.83. The molecule has 2 aromatic rings. The van der Waals surface area contributed by atoms with E-state index in [1.54, 1.807) is 19.1 Å². The summed E-state index contributed by atoms with van der Waals surface area (Å²) >= 11 is 0. The summed E-state index contributed by atoms with van der Waals surface area (Å²) in [6, 6.07) is 4.22. The number of carbonyl (C=O) groups excluding carboxylic acids is 1. The Labute approximate surface area is 128 Å². The molecule has 118 valence electrons. The first-order valence-electron chi connectivity index (χ1n) is 6.40. The van der Waals surface area contributed by atoms with Crippen molar-refractivity contribution < 1.29 is 13.2 Å². The molecule has 0 aliphatic heterocycles. The van der Waals surface area contributed by atoms with Crippen molar-refractivity contribution in [3.05, 3.63) is 36.2 Å². The molecule has 0 radical (unpaired) electrons. The number of urea groups is 1. The van der Waals surface area contributed by atoms with Crippen LogP contribution in [-0.2, 0) is 10.0 Å². The van der Waals surface area contributed by atoms with E-state index in [4.69, 9.17) is 0 Å². The Morgan fingerprint density at radius 1 is 1.23 bits per heavy atom. The van der Waals surface area contributed by atoms with Crippen LogP contribution in [0.1, 0.15) is 5.56 Å². The quantitative estimate of drug-likeness (QED) is 0.794. The van der Waals surface area contributed by atoms with Gasteiger partial charge in [-0.1, -0.05) is 6.07 Å². The zero-order chi connectivity index (χ0) is 16.3. The normalized spacial score (nSPS) is 11.5. The third kappa shape index (κ3) is 3.43. The van der Waals surface area contributed by atoms with Gasteiger partial charge in [-0.25, -0.2) is 17.5 Å². The number of H-pyrrole nitrogens is 1. The van der Waals surface area contributed by atoms with Crippen molar-refractivity contribution in [2.45, 2.75) is 11.8 Å². The number of amides is 2. The highest BCUT2D eigenvalue weighted by molar-refractivity contribution is 7.89. The molecule has 2 rings (SSSR count). The second kappa shape index (κ2) is 6.16. The molecule has 0 saturated heterocycles. The van der Waals surface area contributed by atoms with E-state index < -0.39 is 16.1 Å². The molecule has 0 fully saturated rings. The largest absolute Gasteiger partial charge is 0.323 e. The summed E-state index contributed by atoms with van der Waals surface area (Å²) in [6.45, 7) is 1.70. The van der Waals surface area contributed by atoms with E-state index in [0.29, 0.717) is 16.9 Å². The molecule has 8 nitrogen and oxygen atoms in total. The molecule has 1 aromatic heterocycles. The molecular weight excluding hydrogens is 306 g/mol. The standard InChI is InChI=1S/C13H17N5O3S/c1-9-4-5-10(6-12(9)22(20,21)18(2)3)16-13(19)17-11-7-14-15-8-11/h4-8H,1-3H3,(H,14,15)(H2,16,17,19). The van der Waals surface area contributed by atoms with Crippen LogP contribution in [0.15, 0.2) is 35.5 Å². The van der Waals surface area contributed by atoms with Crippen molar-refractivity contribution in [3.63, 3.8) is 0 Å². The lowest BCUT2D eigenvalue weighted by Crippen LogP contribution is -2.24. The summed E-state index contributed by atoms with van der Waals surface area (Å²) < 4.78 is 25.6. The molecule has 3 N–H and O–H groups in total. The average molecular weight is 323 g/mol. The minimum Gasteiger partial charge on any atom is -0.308 e. The Balaban J connectivity index is 2.21. The molecule has 0 spiro atoms. The van der Waals surface area contributed by atoms with Gasteiger partial charge in [-0.3, -0.25) is 5.10 Å². The van der Waals surface area contributed by atoms with E-state index in [2.05, 4.69) is 20.8 Å². The molecule has 0 unspecified atom stereocenters. The molecule has 0 atom stereocenters. The monoisotopic (exact) mass is 323 g/mol. The molecule has 22 heavy (non-hydrogen) atoms. The van der Waals surface area contributed by atoms with Gasteiger partial charge in [0.1, 0.15) is 0 Å². The lowest BCUT2D eigenvalue weighted by molar-refractivity contribution is 0.262. The van der Waals surface area contributed by atoms with E-state index in [1.165, 1.54) is 32.6 Å². The Kier molecular flexibility index (Phi) is 4.48. The third-order valence-corrected chi connectivity index (χ3v) is 4.92. The zero-order valence-corrected chi connectivity index (χ0v) is 13.2. The predicted octanol–water partition coefficient (Wildman–Crippen LogP) is 1.61. The number of hydrogen-bond donors (Lipinski definition) is 3. The topological polar surface area (TPSA) is 107 Å². The fraction of sp³-hybridized carbons (Fsp3) is 0.231. The average Bonchev–Trinajstić information content (AvgIpc) is 2.93. The highest BCUT2D eigenvalue weighted by atomic mass is 32.2. The van der Waals surface area contributed by atoms with E-state index in [-0.39, 0.29) is 4.90 Å². The predicted molar refractivity (Wildman–Crippen MR) is 83.3 cm³/mol. The van der Waals surface area contributed by atoms with Crippen molar-refractivity contribution in [1.29, 1.82) is 0 Å². The van der Waals surface area contributed by atoms with E-state index in [9.17, 15) is 13.2 Å². The minimum atomic E-state index is -3.57. The van der Waals surface area contributed by atoms with Crippen LogP contribution < -0.4 is 10.6 Å². The number of sulfonamides is 1. The van der Waals surface area contributed by atoms with Crippen molar-refractivity contribution >= 4 is 27.4 Å². The Morgan fingerprint density at radius 2 is 1.91 bits per heavy atom. The number of aryl methyl sites for hydroxylation is 1. The summed E-state index contributed by atoms with van der Waals surface area (Å²) in [5, 5.41) is 11.4. The van der Waals surface area contributed by atoms with Crippen LogP contribution in [0.5, 0.6) is 0 Å². The molecule has 0 aliphatic carbocycles. The Morgan fingerprint density at radius 3 is 2.50 bits per heavy atom. The van der Waals surface area contributed by atoms with E-state index in [0.717, 1.165) is 4.31 Å². The number of nitrogens with one attached hydrogen (secondary N) is 3. The van der Waals surface area contributed by atoms with Gasteiger partial charge in [-0.2, -0.15) is 5.10 Å². The minimum absolute atomic E-state index is 0.151. The van der Waals surface area contributed by atoms with Gasteiger partial charge in [-0.15, -0.1) is 0 Å². The van der Waals surface area contributed by atoms with Crippen molar-refractivity contribution in [3.8, 4) is 0 Å². The van der Waals surface area contributed by atoms with Crippen LogP contribution in [0.2, 0.25) is 0 Å². The summed E-state index contributed by atoms with van der Waals surface area (Å²) in [5.74, 6) is 0. The van der Waals surface area contributed by atoms with Crippen LogP contribution in [0, 0.1) is 6.92 Å². The first kappa shape index (κ1) is 16.0. The number of nitrogens with zero attached hydrogens (tertiary/aromatic N) is 2. The molecule has 2 amide bonds. The van der Waals surface area contributed by atoms with Crippen LogP contribution >= 0.6 is 0 Å². The first-order valence-corrected chi connectivity index (χ1v) is 7.84. The summed E-state index contributed by atoms with van der Waals surface area (Å²) in [5.41, 5.74) is 1.49. The van der Waals surface area contributed by atoms with Gasteiger partial charge in [0, 0.05) is 26.0 Å². The van der Waals surface area contributed by atoms with Crippen molar-refractivity contribution in [2.75, 3.05) is 24.7 Å². The highest BCUT2D eigenvalue weighted by Gasteiger charge is 2.20. The molecule has 0 saturated carbocycles. The summed E-state index contributed by atoms with van der Waals surface area (Å²) in [6.07, 6.45) is 2.98. The number of carbonyl (C=O) groups is 1. The maximum Gasteiger partial charge on any atom is 0.323 e. The van der Waals surface area contributed by atoms with Gasteiger partial charge in [0.25, 0.3) is 0 Å². The number of benzene rings is 1. The zero-order valence-electron chi connectivity index (χ0n) is 12.4. The molecule has 1 heterocycles. The third-order valence-electron chi connectivity index (χ3n) is 2.96. The van der Waals surface area contributed by atoms with Crippen LogP contribution in [0.4, 0.5) is 16.2 Å². The number of aromatic amines is 1. The van der Waals surface area contributed by atoms with E-state index in [1.807, 2.05) is 0 Å². The maximum atomic E-state index is 12.2. The van der Waals surface area contributed by atoms with Crippen LogP contribution in [0.3, 0.4) is 0 Å². The highest BCUT2D eigenvalue weighted by Crippen LogP contribution is 2.22. The Bertz CT molecular complexity index is 769. The molecule has 0 bridgehead atoms. The summed E-state index contributed by atoms with van der Waals surface area (Å²) in [7, 11) is -0.652. The SMILES string of the molecule is Cc1ccc(NC(=O)Nc2cn[nH]c2)cc1S(=O)(=O)N(C)C. The van der Waals surface area contributed by atoms with Gasteiger partial charge in [0.15, 0.2) is 0 Å². The molecule has 9 heteroatoms. The van der Waals surface area contributed by atoms with Gasteiger partial charge >= 0.3 is 6.03 Å². The number of hydrogen-bond acceptors (Lipinski definition) is 4. The van der Waals surface area contributed by atoms with Gasteiger partial charge in [0.2, 0.25) is 10.0 Å². The second-order valence-corrected chi connectivity index (χ2v) is 6.95. The Hall–Kier alpha value is -2.39. The van der Waals surface area contributed by atoms with E-state index >= 15 is 0 Å². The van der Waals surface area contributed by atoms with Gasteiger partial charge in [-0.05, 0) is 24.6 Å². The number of anilines is 2.